The van der Waals surface area contributed by atoms with Crippen LogP contribution in [0.3, 0.4) is 0 Å². The Balaban J connectivity index is 1.75. The van der Waals surface area contributed by atoms with Crippen molar-refractivity contribution in [1.82, 2.24) is 15.3 Å². The lowest BCUT2D eigenvalue weighted by molar-refractivity contribution is -0.146. The van der Waals surface area contributed by atoms with Crippen molar-refractivity contribution < 1.29 is 14.3 Å². The summed E-state index contributed by atoms with van der Waals surface area (Å²) in [7, 11) is 0. The Morgan fingerprint density at radius 2 is 1.92 bits per heavy atom. The minimum absolute atomic E-state index is 0.0417. The summed E-state index contributed by atoms with van der Waals surface area (Å²) in [5, 5.41) is 3.87. The molecule has 1 aromatic heterocycles. The van der Waals surface area contributed by atoms with Gasteiger partial charge in [0.1, 0.15) is 0 Å². The minimum atomic E-state index is -0.497. The summed E-state index contributed by atoms with van der Waals surface area (Å²) in [5.41, 5.74) is 2.55. The Kier molecular flexibility index (Phi) is 7.41. The van der Waals surface area contributed by atoms with E-state index in [1.807, 2.05) is 39.0 Å². The molecule has 0 saturated heterocycles. The van der Waals surface area contributed by atoms with Crippen LogP contribution in [-0.4, -0.2) is 34.2 Å². The molecule has 1 atom stereocenters. The predicted molar refractivity (Wildman–Crippen MR) is 101 cm³/mol. The number of benzene rings is 1. The van der Waals surface area contributed by atoms with Crippen LogP contribution < -0.4 is 5.32 Å². The number of halogens is 1. The zero-order chi connectivity index (χ0) is 19.1. The van der Waals surface area contributed by atoms with Crippen LogP contribution in [-0.2, 0) is 14.3 Å². The molecule has 2 rings (SSSR count). The number of hydrogen-bond donors (Lipinski definition) is 1. The SMILES string of the molecule is Cc1cc(C)nc(SCC(=O)OCC(=O)NC(C)c2cccc(Cl)c2)n1. The Bertz CT molecular complexity index is 781. The van der Waals surface area contributed by atoms with Gasteiger partial charge in [-0.25, -0.2) is 9.97 Å². The molecule has 1 amide bonds. The summed E-state index contributed by atoms with van der Waals surface area (Å²) < 4.78 is 4.99. The standard InChI is InChI=1S/C18H20ClN3O3S/c1-11-7-12(2)21-18(20-11)26-10-17(24)25-9-16(23)22-13(3)14-5-4-6-15(19)8-14/h4-8,13H,9-10H2,1-3H3,(H,22,23). The highest BCUT2D eigenvalue weighted by Crippen LogP contribution is 2.17. The van der Waals surface area contributed by atoms with Gasteiger partial charge in [-0.15, -0.1) is 0 Å². The fourth-order valence-corrected chi connectivity index (χ4v) is 3.16. The monoisotopic (exact) mass is 393 g/mol. The molecule has 0 aliphatic heterocycles. The summed E-state index contributed by atoms with van der Waals surface area (Å²) in [6.07, 6.45) is 0. The molecule has 0 aliphatic carbocycles. The Morgan fingerprint density at radius 1 is 1.23 bits per heavy atom. The molecule has 138 valence electrons. The molecule has 26 heavy (non-hydrogen) atoms. The van der Waals surface area contributed by atoms with Gasteiger partial charge >= 0.3 is 5.97 Å². The molecular formula is C18H20ClN3O3S. The quantitative estimate of drug-likeness (QED) is 0.441. The smallest absolute Gasteiger partial charge is 0.316 e. The van der Waals surface area contributed by atoms with E-state index in [9.17, 15) is 9.59 Å². The number of esters is 1. The largest absolute Gasteiger partial charge is 0.455 e. The highest BCUT2D eigenvalue weighted by atomic mass is 35.5. The van der Waals surface area contributed by atoms with E-state index < -0.39 is 5.97 Å². The van der Waals surface area contributed by atoms with Crippen molar-refractivity contribution in [2.24, 2.45) is 0 Å². The number of thioether (sulfide) groups is 1. The topological polar surface area (TPSA) is 81.2 Å². The van der Waals surface area contributed by atoms with Gasteiger partial charge < -0.3 is 10.1 Å². The van der Waals surface area contributed by atoms with Gasteiger partial charge in [-0.2, -0.15) is 0 Å². The number of aromatic nitrogens is 2. The Morgan fingerprint density at radius 3 is 2.58 bits per heavy atom. The zero-order valence-electron chi connectivity index (χ0n) is 14.8. The summed E-state index contributed by atoms with van der Waals surface area (Å²) in [6, 6.07) is 8.83. The lowest BCUT2D eigenvalue weighted by Gasteiger charge is -2.14. The highest BCUT2D eigenvalue weighted by molar-refractivity contribution is 7.99. The van der Waals surface area contributed by atoms with Crippen LogP contribution in [0.1, 0.15) is 29.9 Å². The van der Waals surface area contributed by atoms with Gasteiger partial charge in [0.2, 0.25) is 0 Å². The van der Waals surface area contributed by atoms with Crippen LogP contribution in [0.25, 0.3) is 0 Å². The number of ether oxygens (including phenoxy) is 1. The molecule has 1 heterocycles. The van der Waals surface area contributed by atoms with Crippen molar-refractivity contribution in [1.29, 1.82) is 0 Å². The van der Waals surface area contributed by atoms with E-state index in [4.69, 9.17) is 16.3 Å². The number of rotatable bonds is 7. The number of amides is 1. The average Bonchev–Trinajstić information content (AvgIpc) is 2.57. The maximum absolute atomic E-state index is 11.9. The van der Waals surface area contributed by atoms with E-state index in [0.29, 0.717) is 10.2 Å². The second kappa shape index (κ2) is 9.54. The maximum Gasteiger partial charge on any atom is 0.316 e. The molecule has 0 saturated carbocycles. The van der Waals surface area contributed by atoms with Gasteiger partial charge in [-0.3, -0.25) is 9.59 Å². The summed E-state index contributed by atoms with van der Waals surface area (Å²) >= 11 is 7.12. The van der Waals surface area contributed by atoms with Crippen molar-refractivity contribution in [2.45, 2.75) is 32.0 Å². The van der Waals surface area contributed by atoms with E-state index in [0.717, 1.165) is 17.0 Å². The lowest BCUT2D eigenvalue weighted by Crippen LogP contribution is -2.31. The van der Waals surface area contributed by atoms with Gasteiger partial charge in [0.05, 0.1) is 11.8 Å². The molecule has 1 N–H and O–H groups in total. The summed E-state index contributed by atoms with van der Waals surface area (Å²) in [6.45, 7) is 5.22. The fraction of sp³-hybridized carbons (Fsp3) is 0.333. The minimum Gasteiger partial charge on any atom is -0.455 e. The van der Waals surface area contributed by atoms with Gasteiger partial charge in [0.25, 0.3) is 5.91 Å². The summed E-state index contributed by atoms with van der Waals surface area (Å²) in [5.74, 6) is -0.832. The third-order valence-electron chi connectivity index (χ3n) is 3.37. The molecule has 2 aromatic rings. The third-order valence-corrected chi connectivity index (χ3v) is 4.43. The lowest BCUT2D eigenvalue weighted by atomic mass is 10.1. The first-order chi connectivity index (χ1) is 12.3. The average molecular weight is 394 g/mol. The van der Waals surface area contributed by atoms with Crippen molar-refractivity contribution in [3.63, 3.8) is 0 Å². The Labute approximate surface area is 161 Å². The van der Waals surface area contributed by atoms with Crippen molar-refractivity contribution in [3.05, 3.63) is 52.3 Å². The number of nitrogens with one attached hydrogen (secondary N) is 1. The molecule has 1 unspecified atom stereocenters. The first kappa shape index (κ1) is 20.2. The molecule has 0 fully saturated rings. The van der Waals surface area contributed by atoms with Gasteiger partial charge in [-0.05, 0) is 44.5 Å². The predicted octanol–water partition coefficient (Wildman–Crippen LogP) is 3.26. The fourth-order valence-electron chi connectivity index (χ4n) is 2.21. The normalized spacial score (nSPS) is 11.7. The number of carbonyl (C=O) groups excluding carboxylic acids is 2. The Hall–Kier alpha value is -2.12. The van der Waals surface area contributed by atoms with Gasteiger partial charge in [0.15, 0.2) is 11.8 Å². The second-order valence-electron chi connectivity index (χ2n) is 5.73. The molecule has 8 heteroatoms. The molecule has 0 bridgehead atoms. The van der Waals surface area contributed by atoms with Crippen LogP contribution >= 0.6 is 23.4 Å². The van der Waals surface area contributed by atoms with E-state index in [1.165, 1.54) is 11.8 Å². The molecule has 0 spiro atoms. The van der Waals surface area contributed by atoms with Crippen molar-refractivity contribution >= 4 is 35.2 Å². The van der Waals surface area contributed by atoms with Crippen LogP contribution in [0.2, 0.25) is 5.02 Å². The summed E-state index contributed by atoms with van der Waals surface area (Å²) in [4.78, 5) is 32.2. The number of hydrogen-bond acceptors (Lipinski definition) is 6. The number of aryl methyl sites for hydroxylation is 2. The van der Waals surface area contributed by atoms with E-state index in [2.05, 4.69) is 15.3 Å². The van der Waals surface area contributed by atoms with Crippen molar-refractivity contribution in [2.75, 3.05) is 12.4 Å². The number of nitrogens with zero attached hydrogens (tertiary/aromatic N) is 2. The molecule has 0 radical (unpaired) electrons. The molecule has 1 aromatic carbocycles. The molecular weight excluding hydrogens is 374 g/mol. The van der Waals surface area contributed by atoms with E-state index in [1.54, 1.807) is 12.1 Å². The van der Waals surface area contributed by atoms with Gasteiger partial charge in [0, 0.05) is 16.4 Å². The first-order valence-electron chi connectivity index (χ1n) is 7.99. The van der Waals surface area contributed by atoms with E-state index >= 15 is 0 Å². The van der Waals surface area contributed by atoms with Crippen LogP contribution in [0.4, 0.5) is 0 Å². The maximum atomic E-state index is 11.9. The second-order valence-corrected chi connectivity index (χ2v) is 7.11. The van der Waals surface area contributed by atoms with Crippen LogP contribution in [0.15, 0.2) is 35.5 Å². The zero-order valence-corrected chi connectivity index (χ0v) is 16.4. The van der Waals surface area contributed by atoms with Gasteiger partial charge in [-0.1, -0.05) is 35.5 Å². The number of carbonyl (C=O) groups is 2. The van der Waals surface area contributed by atoms with Crippen LogP contribution in [0, 0.1) is 13.8 Å². The van der Waals surface area contributed by atoms with Crippen LogP contribution in [0.5, 0.6) is 0 Å². The molecule has 6 nitrogen and oxygen atoms in total. The highest BCUT2D eigenvalue weighted by Gasteiger charge is 2.13. The molecule has 0 aliphatic rings. The first-order valence-corrected chi connectivity index (χ1v) is 9.35. The van der Waals surface area contributed by atoms with E-state index in [-0.39, 0.29) is 24.3 Å². The third kappa shape index (κ3) is 6.65. The van der Waals surface area contributed by atoms with Crippen molar-refractivity contribution in [3.8, 4) is 0 Å².